The predicted octanol–water partition coefficient (Wildman–Crippen LogP) is 3.41. The van der Waals surface area contributed by atoms with Crippen molar-refractivity contribution in [2.45, 2.75) is 26.3 Å². The number of hydrogen-bond acceptors (Lipinski definition) is 4. The van der Waals surface area contributed by atoms with Crippen molar-refractivity contribution in [1.82, 2.24) is 15.2 Å². The molecule has 6 nitrogen and oxygen atoms in total. The first-order valence-electron chi connectivity index (χ1n) is 9.46. The van der Waals surface area contributed by atoms with Crippen LogP contribution in [0.4, 0.5) is 10.1 Å². The van der Waals surface area contributed by atoms with Gasteiger partial charge < -0.3 is 15.5 Å². The summed E-state index contributed by atoms with van der Waals surface area (Å²) in [5, 5.41) is 5.85. The van der Waals surface area contributed by atoms with Gasteiger partial charge in [-0.1, -0.05) is 19.9 Å². The van der Waals surface area contributed by atoms with Gasteiger partial charge in [0, 0.05) is 44.0 Å². The lowest BCUT2D eigenvalue weighted by atomic mass is 10.0. The highest BCUT2D eigenvalue weighted by Crippen LogP contribution is 2.25. The Kier molecular flexibility index (Phi) is 8.10. The molecule has 2 aromatic rings. The first-order valence-corrected chi connectivity index (χ1v) is 9.46. The molecule has 0 aliphatic carbocycles. The molecule has 2 amide bonds. The number of carbonyl (C=O) groups is 2. The minimum atomic E-state index is -0.615. The molecular weight excluding hydrogens is 395 g/mol. The topological polar surface area (TPSA) is 74.3 Å². The molecule has 1 aliphatic rings. The summed E-state index contributed by atoms with van der Waals surface area (Å²) in [7, 11) is 0. The fourth-order valence-corrected chi connectivity index (χ4v) is 3.31. The number of piperazine rings is 1. The number of amides is 2. The van der Waals surface area contributed by atoms with Gasteiger partial charge >= 0.3 is 0 Å². The lowest BCUT2D eigenvalue weighted by Crippen LogP contribution is -2.48. The van der Waals surface area contributed by atoms with Gasteiger partial charge in [0.15, 0.2) is 0 Å². The van der Waals surface area contributed by atoms with Gasteiger partial charge in [0.1, 0.15) is 5.82 Å². The van der Waals surface area contributed by atoms with E-state index in [1.165, 1.54) is 12.1 Å². The molecule has 2 N–H and O–H groups in total. The lowest BCUT2D eigenvalue weighted by Gasteiger charge is -2.36. The predicted molar refractivity (Wildman–Crippen MR) is 113 cm³/mol. The highest BCUT2D eigenvalue weighted by Gasteiger charge is 2.29. The highest BCUT2D eigenvalue weighted by molar-refractivity contribution is 5.96. The molecule has 0 radical (unpaired) electrons. The molecule has 1 saturated heterocycles. The van der Waals surface area contributed by atoms with Crippen LogP contribution in [0.3, 0.4) is 0 Å². The van der Waals surface area contributed by atoms with E-state index in [0.29, 0.717) is 26.1 Å². The number of nitrogens with zero attached hydrogens (tertiary/aromatic N) is 2. The summed E-state index contributed by atoms with van der Waals surface area (Å²) in [5.41, 5.74) is 1.28. The molecule has 1 fully saturated rings. The average Bonchev–Trinajstić information content (AvgIpc) is 2.69. The van der Waals surface area contributed by atoms with Crippen molar-refractivity contribution in [3.05, 3.63) is 59.7 Å². The third-order valence-electron chi connectivity index (χ3n) is 4.66. The monoisotopic (exact) mass is 420 g/mol. The number of carbonyl (C=O) groups excluding carboxylic acids is 2. The molecule has 1 aliphatic heterocycles. The van der Waals surface area contributed by atoms with E-state index in [9.17, 15) is 14.0 Å². The number of anilines is 1. The van der Waals surface area contributed by atoms with Crippen LogP contribution in [0, 0.1) is 11.7 Å². The molecule has 0 bridgehead atoms. The zero-order valence-corrected chi connectivity index (χ0v) is 17.3. The number of halogens is 2. The summed E-state index contributed by atoms with van der Waals surface area (Å²) in [4.78, 5) is 30.8. The van der Waals surface area contributed by atoms with Gasteiger partial charge in [-0.15, -0.1) is 12.4 Å². The third kappa shape index (κ3) is 5.74. The zero-order chi connectivity index (χ0) is 20.1. The van der Waals surface area contributed by atoms with Gasteiger partial charge in [-0.2, -0.15) is 0 Å². The van der Waals surface area contributed by atoms with Crippen molar-refractivity contribution in [2.75, 3.05) is 25.0 Å². The number of rotatable bonds is 5. The van der Waals surface area contributed by atoms with Crippen LogP contribution in [0.1, 0.15) is 42.2 Å². The normalized spacial score (nSPS) is 16.3. The molecule has 1 aromatic heterocycles. The molecule has 0 spiro atoms. The summed E-state index contributed by atoms with van der Waals surface area (Å²) >= 11 is 0. The van der Waals surface area contributed by atoms with Crippen molar-refractivity contribution >= 4 is 29.9 Å². The lowest BCUT2D eigenvalue weighted by molar-refractivity contribution is -0.116. The minimum absolute atomic E-state index is 0. The fourth-order valence-electron chi connectivity index (χ4n) is 3.31. The standard InChI is InChI=1S/C21H25FN4O2.ClH/c1-14(2)10-20(27)25-18-6-5-15(11-17(18)22)21(28)26-9-8-24-13-19(26)16-4-3-7-23-12-16;/h3-7,11-12,14,19,24H,8-10,13H2,1-2H3,(H,25,27);1H. The maximum absolute atomic E-state index is 14.5. The van der Waals surface area contributed by atoms with Gasteiger partial charge in [-0.25, -0.2) is 4.39 Å². The van der Waals surface area contributed by atoms with Crippen LogP contribution >= 0.6 is 12.4 Å². The maximum atomic E-state index is 14.5. The average molecular weight is 421 g/mol. The van der Waals surface area contributed by atoms with Crippen molar-refractivity contribution in [3.8, 4) is 0 Å². The largest absolute Gasteiger partial charge is 0.329 e. The smallest absolute Gasteiger partial charge is 0.254 e. The van der Waals surface area contributed by atoms with E-state index >= 15 is 0 Å². The van der Waals surface area contributed by atoms with E-state index in [4.69, 9.17) is 0 Å². The van der Waals surface area contributed by atoms with Crippen LogP contribution in [-0.2, 0) is 4.79 Å². The van der Waals surface area contributed by atoms with Crippen molar-refractivity contribution < 1.29 is 14.0 Å². The summed E-state index contributed by atoms with van der Waals surface area (Å²) in [5.74, 6) is -0.918. The molecule has 2 heterocycles. The minimum Gasteiger partial charge on any atom is -0.329 e. The molecule has 29 heavy (non-hydrogen) atoms. The second-order valence-electron chi connectivity index (χ2n) is 7.35. The third-order valence-corrected chi connectivity index (χ3v) is 4.66. The maximum Gasteiger partial charge on any atom is 0.254 e. The van der Waals surface area contributed by atoms with E-state index in [1.54, 1.807) is 23.4 Å². The molecule has 8 heteroatoms. The van der Waals surface area contributed by atoms with Crippen LogP contribution in [0.15, 0.2) is 42.7 Å². The van der Waals surface area contributed by atoms with Gasteiger partial charge in [0.2, 0.25) is 5.91 Å². The number of pyridine rings is 1. The Balaban J connectivity index is 0.00000300. The van der Waals surface area contributed by atoms with Crippen LogP contribution in [0.25, 0.3) is 0 Å². The molecule has 156 valence electrons. The Bertz CT molecular complexity index is 848. The van der Waals surface area contributed by atoms with Gasteiger partial charge in [0.25, 0.3) is 5.91 Å². The number of nitrogens with one attached hydrogen (secondary N) is 2. The van der Waals surface area contributed by atoms with Crippen molar-refractivity contribution in [3.63, 3.8) is 0 Å². The number of aromatic nitrogens is 1. The summed E-state index contributed by atoms with van der Waals surface area (Å²) in [6.45, 7) is 5.65. The molecule has 0 saturated carbocycles. The summed E-state index contributed by atoms with van der Waals surface area (Å²) in [6.07, 6.45) is 3.74. The Morgan fingerprint density at radius 3 is 2.79 bits per heavy atom. The second-order valence-corrected chi connectivity index (χ2v) is 7.35. The second kappa shape index (κ2) is 10.3. The highest BCUT2D eigenvalue weighted by atomic mass is 35.5. The Morgan fingerprint density at radius 1 is 1.34 bits per heavy atom. The van der Waals surface area contributed by atoms with Crippen LogP contribution < -0.4 is 10.6 Å². The quantitative estimate of drug-likeness (QED) is 0.777. The molecule has 1 atom stereocenters. The Morgan fingerprint density at radius 2 is 2.14 bits per heavy atom. The fraction of sp³-hybridized carbons (Fsp3) is 0.381. The first kappa shape index (κ1) is 22.8. The van der Waals surface area contributed by atoms with Gasteiger partial charge in [-0.3, -0.25) is 14.6 Å². The molecule has 1 unspecified atom stereocenters. The first-order chi connectivity index (χ1) is 13.5. The molecule has 1 aromatic carbocycles. The number of benzene rings is 1. The molecular formula is C21H26ClFN4O2. The van der Waals surface area contributed by atoms with E-state index in [-0.39, 0.29) is 47.4 Å². The van der Waals surface area contributed by atoms with Gasteiger partial charge in [-0.05, 0) is 35.7 Å². The SMILES string of the molecule is CC(C)CC(=O)Nc1ccc(C(=O)N2CCNCC2c2cccnc2)cc1F.Cl. The van der Waals surface area contributed by atoms with E-state index in [2.05, 4.69) is 15.6 Å². The van der Waals surface area contributed by atoms with E-state index in [0.717, 1.165) is 5.56 Å². The van der Waals surface area contributed by atoms with Gasteiger partial charge in [0.05, 0.1) is 11.7 Å². The zero-order valence-electron chi connectivity index (χ0n) is 16.5. The van der Waals surface area contributed by atoms with Crippen molar-refractivity contribution in [1.29, 1.82) is 0 Å². The van der Waals surface area contributed by atoms with Crippen molar-refractivity contribution in [2.24, 2.45) is 5.92 Å². The van der Waals surface area contributed by atoms with E-state index in [1.807, 2.05) is 26.0 Å². The molecule has 3 rings (SSSR count). The van der Waals surface area contributed by atoms with Crippen LogP contribution in [0.2, 0.25) is 0 Å². The van der Waals surface area contributed by atoms with E-state index < -0.39 is 5.82 Å². The Labute approximate surface area is 176 Å². The summed E-state index contributed by atoms with van der Waals surface area (Å²) < 4.78 is 14.5. The summed E-state index contributed by atoms with van der Waals surface area (Å²) in [6, 6.07) is 7.79. The van der Waals surface area contributed by atoms with Crippen LogP contribution in [-0.4, -0.2) is 41.3 Å². The Hall–Kier alpha value is -2.51. The van der Waals surface area contributed by atoms with Crippen LogP contribution in [0.5, 0.6) is 0 Å². The number of hydrogen-bond donors (Lipinski definition) is 2.